The molecule has 1 unspecified atom stereocenters. The molecule has 0 radical (unpaired) electrons. The van der Waals surface area contributed by atoms with Crippen LogP contribution in [0.2, 0.25) is 0 Å². The summed E-state index contributed by atoms with van der Waals surface area (Å²) in [6, 6.07) is 17.4. The van der Waals surface area contributed by atoms with E-state index < -0.39 is 0 Å². The zero-order valence-corrected chi connectivity index (χ0v) is 14.7. The highest BCUT2D eigenvalue weighted by Crippen LogP contribution is 2.35. The molecule has 0 saturated carbocycles. The maximum atomic E-state index is 4.39. The Balaban J connectivity index is 1.59. The van der Waals surface area contributed by atoms with Crippen molar-refractivity contribution in [3.63, 3.8) is 0 Å². The highest BCUT2D eigenvalue weighted by atomic mass is 15.1. The molecular weight excluding hydrogens is 320 g/mol. The summed E-state index contributed by atoms with van der Waals surface area (Å²) >= 11 is 0. The van der Waals surface area contributed by atoms with Gasteiger partial charge in [0.15, 0.2) is 0 Å². The maximum absolute atomic E-state index is 4.39. The number of aromatic nitrogens is 3. The van der Waals surface area contributed by atoms with Crippen molar-refractivity contribution in [1.29, 1.82) is 0 Å². The van der Waals surface area contributed by atoms with Crippen LogP contribution in [0, 0.1) is 0 Å². The van der Waals surface area contributed by atoms with Crippen LogP contribution in [-0.4, -0.2) is 32.9 Å². The second-order valence-corrected chi connectivity index (χ2v) is 7.06. The lowest BCUT2D eigenvalue weighted by Gasteiger charge is -2.33. The van der Waals surface area contributed by atoms with E-state index in [4.69, 9.17) is 0 Å². The number of hydrogen-bond donors (Lipinski definition) is 0. The van der Waals surface area contributed by atoms with Gasteiger partial charge in [-0.1, -0.05) is 18.2 Å². The summed E-state index contributed by atoms with van der Waals surface area (Å²) in [7, 11) is 2.20. The van der Waals surface area contributed by atoms with Crippen molar-refractivity contribution in [3.05, 3.63) is 90.1 Å². The fraction of sp³-hybridized carbons (Fsp3) is 0.182. The lowest BCUT2D eigenvalue weighted by molar-refractivity contribution is 0.295. The Morgan fingerprint density at radius 2 is 2.04 bits per heavy atom. The molecule has 0 N–H and O–H groups in total. The van der Waals surface area contributed by atoms with Gasteiger partial charge in [-0.3, -0.25) is 0 Å². The van der Waals surface area contributed by atoms with Gasteiger partial charge in [0, 0.05) is 48.7 Å². The van der Waals surface area contributed by atoms with E-state index in [1.165, 1.54) is 22.2 Å². The second kappa shape index (κ2) is 6.07. The van der Waals surface area contributed by atoms with Gasteiger partial charge in [-0.15, -0.1) is 0 Å². The number of likely N-dealkylation sites (N-methyl/N-ethyl adjacent to an activating group) is 1. The minimum atomic E-state index is 0.384. The van der Waals surface area contributed by atoms with Crippen molar-refractivity contribution >= 4 is 5.52 Å². The minimum Gasteiger partial charge on any atom is -0.324 e. The first kappa shape index (κ1) is 15.3. The molecule has 0 fully saturated rings. The summed E-state index contributed by atoms with van der Waals surface area (Å²) in [5, 5.41) is 0. The van der Waals surface area contributed by atoms with Gasteiger partial charge in [-0.25, -0.2) is 9.97 Å². The molecule has 4 heteroatoms. The molecule has 1 atom stereocenters. The number of fused-ring (bicyclic) bond motifs is 2. The largest absolute Gasteiger partial charge is 0.324 e. The lowest BCUT2D eigenvalue weighted by atomic mass is 9.84. The Labute approximate surface area is 152 Å². The quantitative estimate of drug-likeness (QED) is 0.553. The van der Waals surface area contributed by atoms with E-state index in [0.29, 0.717) is 5.92 Å². The topological polar surface area (TPSA) is 33.4 Å². The summed E-state index contributed by atoms with van der Waals surface area (Å²) in [6.45, 7) is 2.00. The summed E-state index contributed by atoms with van der Waals surface area (Å²) in [5.74, 6) is 0.384. The number of rotatable bonds is 2. The van der Waals surface area contributed by atoms with Gasteiger partial charge in [0.05, 0.1) is 5.69 Å². The van der Waals surface area contributed by atoms with Gasteiger partial charge in [-0.05, 0) is 54.1 Å². The fourth-order valence-corrected chi connectivity index (χ4v) is 4.01. The molecule has 4 aromatic rings. The van der Waals surface area contributed by atoms with Crippen LogP contribution < -0.4 is 0 Å². The van der Waals surface area contributed by atoms with Crippen molar-refractivity contribution < 1.29 is 0 Å². The average Bonchev–Trinajstić information content (AvgIpc) is 3.15. The fourth-order valence-electron chi connectivity index (χ4n) is 4.01. The van der Waals surface area contributed by atoms with E-state index in [1.54, 1.807) is 12.5 Å². The smallest absolute Gasteiger partial charge is 0.116 e. The highest BCUT2D eigenvalue weighted by Gasteiger charge is 2.25. The number of pyridine rings is 1. The first-order valence-electron chi connectivity index (χ1n) is 8.92. The van der Waals surface area contributed by atoms with Crippen molar-refractivity contribution in [3.8, 4) is 11.3 Å². The van der Waals surface area contributed by atoms with Gasteiger partial charge < -0.3 is 9.30 Å². The first-order chi connectivity index (χ1) is 12.8. The molecule has 26 heavy (non-hydrogen) atoms. The van der Waals surface area contributed by atoms with Crippen molar-refractivity contribution in [2.45, 2.75) is 12.5 Å². The van der Waals surface area contributed by atoms with Gasteiger partial charge in [0.25, 0.3) is 0 Å². The Morgan fingerprint density at radius 3 is 2.92 bits per heavy atom. The molecule has 0 amide bonds. The standard InChI is InChI=1S/C22H20N4/c1-25-12-18-11-16(22-8-9-23-15-24-22)5-7-20(18)21(14-25)17-4-6-19-3-2-10-26(19)13-17/h2-11,13,15,21H,12,14H2,1H3. The molecule has 0 bridgehead atoms. The third-order valence-electron chi connectivity index (χ3n) is 5.28. The summed E-state index contributed by atoms with van der Waals surface area (Å²) < 4.78 is 2.21. The summed E-state index contributed by atoms with van der Waals surface area (Å²) in [4.78, 5) is 10.8. The van der Waals surface area contributed by atoms with Crippen LogP contribution in [0.3, 0.4) is 0 Å². The number of nitrogens with zero attached hydrogens (tertiary/aromatic N) is 4. The van der Waals surface area contributed by atoms with E-state index in [-0.39, 0.29) is 0 Å². The molecule has 0 saturated heterocycles. The molecule has 1 aliphatic heterocycles. The van der Waals surface area contributed by atoms with Gasteiger partial charge in [0.1, 0.15) is 6.33 Å². The van der Waals surface area contributed by atoms with Crippen LogP contribution in [0.5, 0.6) is 0 Å². The zero-order chi connectivity index (χ0) is 17.5. The normalized spacial score (nSPS) is 17.3. The van der Waals surface area contributed by atoms with E-state index in [1.807, 2.05) is 6.07 Å². The second-order valence-electron chi connectivity index (χ2n) is 7.06. The van der Waals surface area contributed by atoms with E-state index in [2.05, 4.69) is 81.2 Å². The van der Waals surface area contributed by atoms with E-state index >= 15 is 0 Å². The van der Waals surface area contributed by atoms with E-state index in [0.717, 1.165) is 24.3 Å². The highest BCUT2D eigenvalue weighted by molar-refractivity contribution is 5.62. The molecule has 4 nitrogen and oxygen atoms in total. The zero-order valence-electron chi connectivity index (χ0n) is 14.7. The number of benzene rings is 1. The molecule has 0 aliphatic carbocycles. The van der Waals surface area contributed by atoms with Crippen LogP contribution in [-0.2, 0) is 6.54 Å². The van der Waals surface area contributed by atoms with E-state index in [9.17, 15) is 0 Å². The SMILES string of the molecule is CN1Cc2cc(-c3ccncn3)ccc2C(c2ccc3cccn3c2)C1. The predicted molar refractivity (Wildman–Crippen MR) is 103 cm³/mol. The Kier molecular flexibility index (Phi) is 3.57. The van der Waals surface area contributed by atoms with Crippen molar-refractivity contribution in [1.82, 2.24) is 19.3 Å². The van der Waals surface area contributed by atoms with Crippen molar-refractivity contribution in [2.75, 3.05) is 13.6 Å². The Hall–Kier alpha value is -2.98. The van der Waals surface area contributed by atoms with Gasteiger partial charge in [-0.2, -0.15) is 0 Å². The molecule has 3 aromatic heterocycles. The Bertz CT molecular complexity index is 1070. The Morgan fingerprint density at radius 1 is 1.08 bits per heavy atom. The van der Waals surface area contributed by atoms with Crippen LogP contribution in [0.4, 0.5) is 0 Å². The maximum Gasteiger partial charge on any atom is 0.116 e. The molecular formula is C22H20N4. The number of hydrogen-bond acceptors (Lipinski definition) is 3. The van der Waals surface area contributed by atoms with Crippen molar-refractivity contribution in [2.24, 2.45) is 0 Å². The third kappa shape index (κ3) is 2.59. The van der Waals surface area contributed by atoms with Crippen LogP contribution in [0.15, 0.2) is 73.4 Å². The van der Waals surface area contributed by atoms with Crippen LogP contribution in [0.25, 0.3) is 16.8 Å². The molecule has 5 rings (SSSR count). The lowest BCUT2D eigenvalue weighted by Crippen LogP contribution is -2.31. The van der Waals surface area contributed by atoms with Crippen LogP contribution >= 0.6 is 0 Å². The average molecular weight is 340 g/mol. The molecule has 0 spiro atoms. The molecule has 4 heterocycles. The molecule has 128 valence electrons. The van der Waals surface area contributed by atoms with Gasteiger partial charge in [0.2, 0.25) is 0 Å². The summed E-state index contributed by atoms with van der Waals surface area (Å²) in [6.07, 6.45) is 7.78. The predicted octanol–water partition coefficient (Wildman–Crippen LogP) is 3.97. The summed E-state index contributed by atoms with van der Waals surface area (Å²) in [5.41, 5.74) is 7.52. The van der Waals surface area contributed by atoms with Crippen LogP contribution in [0.1, 0.15) is 22.6 Å². The molecule has 1 aliphatic rings. The third-order valence-corrected chi connectivity index (χ3v) is 5.28. The van der Waals surface area contributed by atoms with Gasteiger partial charge >= 0.3 is 0 Å². The monoisotopic (exact) mass is 340 g/mol. The minimum absolute atomic E-state index is 0.384. The first-order valence-corrected chi connectivity index (χ1v) is 8.92. The molecule has 1 aromatic carbocycles.